The molecule has 8 nitrogen and oxygen atoms in total. The zero-order valence-electron chi connectivity index (χ0n) is 18.1. The van der Waals surface area contributed by atoms with Gasteiger partial charge in [0.25, 0.3) is 0 Å². The Kier molecular flexibility index (Phi) is 7.45. The number of phenolic OH excluding ortho intramolecular Hbond substituents is 3. The van der Waals surface area contributed by atoms with Crippen molar-refractivity contribution in [2.75, 3.05) is 20.1 Å². The number of benzene rings is 2. The third kappa shape index (κ3) is 5.55. The van der Waals surface area contributed by atoms with Crippen molar-refractivity contribution in [1.29, 1.82) is 0 Å². The van der Waals surface area contributed by atoms with Crippen LogP contribution in [0.15, 0.2) is 48.9 Å². The molecule has 1 saturated heterocycles. The highest BCUT2D eigenvalue weighted by atomic mass is 35.5. The molecule has 0 spiro atoms. The Balaban J connectivity index is 0.00000306. The van der Waals surface area contributed by atoms with Crippen molar-refractivity contribution in [2.45, 2.75) is 25.4 Å². The monoisotopic (exact) mass is 476 g/mol. The molecule has 1 amide bonds. The molecule has 1 aliphatic rings. The molecule has 33 heavy (non-hydrogen) atoms. The van der Waals surface area contributed by atoms with E-state index in [2.05, 4.69) is 9.88 Å². The molecule has 0 saturated carbocycles. The summed E-state index contributed by atoms with van der Waals surface area (Å²) in [4.78, 5) is 21.0. The average Bonchev–Trinajstić information content (AvgIpc) is 3.25. The van der Waals surface area contributed by atoms with Crippen LogP contribution in [0.1, 0.15) is 18.4 Å². The fourth-order valence-electron chi connectivity index (χ4n) is 4.05. The molecule has 3 aromatic rings. The molecular weight excluding hydrogens is 451 g/mol. The van der Waals surface area contributed by atoms with E-state index in [0.717, 1.165) is 31.5 Å². The summed E-state index contributed by atoms with van der Waals surface area (Å²) in [5.74, 6) is -1.10. The van der Waals surface area contributed by atoms with Crippen molar-refractivity contribution >= 4 is 18.4 Å². The standard InChI is InChI=1S/C23H25FN4O4.ClH/c1-26(17-4-6-27(7-5-17)12-15-8-18(29)11-19(30)9-15)23(32)28-13-21(25-14-28)16-2-3-22(31)20(24)10-16;/h2-3,8-11,13-14,17,29-31H,4-7,12H2,1H3;1H. The molecule has 10 heteroatoms. The van der Waals surface area contributed by atoms with Crippen molar-refractivity contribution in [3.63, 3.8) is 0 Å². The number of carbonyl (C=O) groups is 1. The second kappa shape index (κ2) is 10.1. The lowest BCUT2D eigenvalue weighted by molar-refractivity contribution is 0.131. The zero-order valence-corrected chi connectivity index (χ0v) is 18.9. The smallest absolute Gasteiger partial charge is 0.329 e. The first-order valence-corrected chi connectivity index (χ1v) is 10.3. The zero-order chi connectivity index (χ0) is 22.8. The van der Waals surface area contributed by atoms with Crippen LogP contribution in [0.3, 0.4) is 0 Å². The lowest BCUT2D eigenvalue weighted by Gasteiger charge is -2.36. The Hall–Kier alpha value is -3.30. The van der Waals surface area contributed by atoms with E-state index in [9.17, 15) is 24.5 Å². The first kappa shape index (κ1) is 24.3. The van der Waals surface area contributed by atoms with E-state index in [-0.39, 0.29) is 36.0 Å². The van der Waals surface area contributed by atoms with E-state index in [1.807, 2.05) is 0 Å². The number of hydrogen-bond acceptors (Lipinski definition) is 6. The van der Waals surface area contributed by atoms with E-state index in [1.54, 1.807) is 36.3 Å². The van der Waals surface area contributed by atoms with Crippen molar-refractivity contribution in [3.05, 3.63) is 60.3 Å². The quantitative estimate of drug-likeness (QED) is 0.529. The molecule has 0 bridgehead atoms. The summed E-state index contributed by atoms with van der Waals surface area (Å²) in [7, 11) is 1.76. The van der Waals surface area contributed by atoms with E-state index >= 15 is 0 Å². The fourth-order valence-corrected chi connectivity index (χ4v) is 4.05. The van der Waals surface area contributed by atoms with Crippen LogP contribution in [0.5, 0.6) is 17.2 Å². The van der Waals surface area contributed by atoms with Crippen molar-refractivity contribution in [2.24, 2.45) is 0 Å². The Morgan fingerprint density at radius 2 is 1.79 bits per heavy atom. The number of likely N-dealkylation sites (tertiary alicyclic amines) is 1. The second-order valence-corrected chi connectivity index (χ2v) is 8.09. The van der Waals surface area contributed by atoms with Crippen LogP contribution in [-0.2, 0) is 6.54 Å². The van der Waals surface area contributed by atoms with Gasteiger partial charge in [-0.05, 0) is 48.7 Å². The summed E-state index contributed by atoms with van der Waals surface area (Å²) in [6.45, 7) is 2.17. The lowest BCUT2D eigenvalue weighted by atomic mass is 10.0. The highest BCUT2D eigenvalue weighted by Gasteiger charge is 2.26. The molecule has 2 aromatic carbocycles. The molecule has 1 fully saturated rings. The van der Waals surface area contributed by atoms with E-state index < -0.39 is 11.6 Å². The van der Waals surface area contributed by atoms with Crippen molar-refractivity contribution < 1.29 is 24.5 Å². The summed E-state index contributed by atoms with van der Waals surface area (Å²) < 4.78 is 15.0. The van der Waals surface area contributed by atoms with Gasteiger partial charge in [0, 0.05) is 50.6 Å². The first-order chi connectivity index (χ1) is 15.3. The molecule has 1 aromatic heterocycles. The minimum atomic E-state index is -0.742. The minimum absolute atomic E-state index is 0. The number of carbonyl (C=O) groups excluding carboxylic acids is 1. The largest absolute Gasteiger partial charge is 0.508 e. The summed E-state index contributed by atoms with van der Waals surface area (Å²) in [6, 6.07) is 8.39. The lowest BCUT2D eigenvalue weighted by Crippen LogP contribution is -2.46. The van der Waals surface area contributed by atoms with Crippen LogP contribution < -0.4 is 0 Å². The number of phenols is 3. The second-order valence-electron chi connectivity index (χ2n) is 8.09. The Labute approximate surface area is 196 Å². The fraction of sp³-hybridized carbons (Fsp3) is 0.304. The van der Waals surface area contributed by atoms with Crippen molar-refractivity contribution in [3.8, 4) is 28.5 Å². The van der Waals surface area contributed by atoms with Crippen LogP contribution >= 0.6 is 12.4 Å². The highest BCUT2D eigenvalue weighted by molar-refractivity contribution is 5.85. The highest BCUT2D eigenvalue weighted by Crippen LogP contribution is 2.25. The number of aromatic nitrogens is 2. The van der Waals surface area contributed by atoms with Crippen LogP contribution in [0.25, 0.3) is 11.3 Å². The van der Waals surface area contributed by atoms with Gasteiger partial charge in [-0.25, -0.2) is 14.2 Å². The molecule has 1 aliphatic heterocycles. The summed E-state index contributed by atoms with van der Waals surface area (Å²) in [5, 5.41) is 28.6. The minimum Gasteiger partial charge on any atom is -0.508 e. The summed E-state index contributed by atoms with van der Waals surface area (Å²) in [6.07, 6.45) is 4.53. The third-order valence-electron chi connectivity index (χ3n) is 5.82. The summed E-state index contributed by atoms with van der Waals surface area (Å²) in [5.41, 5.74) is 1.75. The number of nitrogens with zero attached hydrogens (tertiary/aromatic N) is 4. The molecule has 0 unspecified atom stereocenters. The van der Waals surface area contributed by atoms with Gasteiger partial charge in [0.2, 0.25) is 0 Å². The number of rotatable bonds is 4. The maximum absolute atomic E-state index is 13.6. The van der Waals surface area contributed by atoms with Gasteiger partial charge in [0.15, 0.2) is 11.6 Å². The number of amides is 1. The molecular formula is C23H26ClFN4O4. The van der Waals surface area contributed by atoms with Gasteiger partial charge >= 0.3 is 6.03 Å². The first-order valence-electron chi connectivity index (χ1n) is 10.3. The number of imidazole rings is 1. The maximum Gasteiger partial charge on any atom is 0.329 e. The summed E-state index contributed by atoms with van der Waals surface area (Å²) >= 11 is 0. The van der Waals surface area contributed by atoms with Gasteiger partial charge in [0.1, 0.15) is 17.8 Å². The van der Waals surface area contributed by atoms with Gasteiger partial charge < -0.3 is 20.2 Å². The van der Waals surface area contributed by atoms with Gasteiger partial charge in [0.05, 0.1) is 5.69 Å². The number of hydrogen-bond donors (Lipinski definition) is 3. The van der Waals surface area contributed by atoms with Gasteiger partial charge in [-0.3, -0.25) is 9.47 Å². The SMILES string of the molecule is CN(C(=O)n1cnc(-c2ccc(O)c(F)c2)c1)C1CCN(Cc2cc(O)cc(O)c2)CC1.Cl. The molecule has 2 heterocycles. The van der Waals surface area contributed by atoms with E-state index in [4.69, 9.17) is 0 Å². The number of halogens is 2. The third-order valence-corrected chi connectivity index (χ3v) is 5.82. The van der Waals surface area contributed by atoms with Crippen LogP contribution in [0.4, 0.5) is 9.18 Å². The van der Waals surface area contributed by atoms with Crippen LogP contribution in [0, 0.1) is 5.82 Å². The topological polar surface area (TPSA) is 102 Å². The van der Waals surface area contributed by atoms with Crippen molar-refractivity contribution in [1.82, 2.24) is 19.4 Å². The van der Waals surface area contributed by atoms with Crippen LogP contribution in [0.2, 0.25) is 0 Å². The molecule has 176 valence electrons. The van der Waals surface area contributed by atoms with Crippen LogP contribution in [-0.4, -0.2) is 66.9 Å². The Morgan fingerprint density at radius 3 is 2.42 bits per heavy atom. The Bertz CT molecular complexity index is 1110. The predicted octanol–water partition coefficient (Wildman–Crippen LogP) is 3.79. The molecule has 3 N–H and O–H groups in total. The number of aromatic hydroxyl groups is 3. The number of piperidine rings is 1. The van der Waals surface area contributed by atoms with Gasteiger partial charge in [-0.2, -0.15) is 0 Å². The average molecular weight is 477 g/mol. The molecule has 0 atom stereocenters. The van der Waals surface area contributed by atoms with E-state index in [1.165, 1.54) is 29.1 Å². The molecule has 0 aliphatic carbocycles. The molecule has 4 rings (SSSR count). The maximum atomic E-state index is 13.6. The predicted molar refractivity (Wildman–Crippen MR) is 123 cm³/mol. The normalized spacial score (nSPS) is 14.6. The van der Waals surface area contributed by atoms with Gasteiger partial charge in [-0.1, -0.05) is 0 Å². The van der Waals surface area contributed by atoms with Gasteiger partial charge in [-0.15, -0.1) is 12.4 Å². The Morgan fingerprint density at radius 1 is 1.12 bits per heavy atom. The van der Waals surface area contributed by atoms with E-state index in [0.29, 0.717) is 17.8 Å². The molecule has 0 radical (unpaired) electrons.